The Morgan fingerprint density at radius 3 is 2.47 bits per heavy atom. The van der Waals surface area contributed by atoms with Gasteiger partial charge in [0, 0.05) is 24.1 Å². The maximum absolute atomic E-state index is 13.3. The standard InChI is InChI=1S/C27H29N3O6/c1-4-36-19-8-6-18(7-9-19)25(31)23-24(21-16-20(34-2)10-11-22(21)35-3)30(27(33)26(23)32)14-5-13-29-15-12-28-17-29/h6-12,15-17,24H,4-5,13-14H2,1-3H3,(H,31,32)/p+1. The van der Waals surface area contributed by atoms with Crippen molar-refractivity contribution >= 4 is 17.4 Å². The lowest BCUT2D eigenvalue weighted by atomic mass is 9.94. The minimum absolute atomic E-state index is 0.00464. The number of aromatic amines is 1. The van der Waals surface area contributed by atoms with Gasteiger partial charge in [-0.1, -0.05) is 0 Å². The summed E-state index contributed by atoms with van der Waals surface area (Å²) in [7, 11) is 3.06. The Balaban J connectivity index is 1.79. The average molecular weight is 493 g/mol. The van der Waals surface area contributed by atoms with Crippen LogP contribution in [-0.4, -0.2) is 54.1 Å². The number of imidazole rings is 1. The van der Waals surface area contributed by atoms with Crippen molar-refractivity contribution in [3.63, 3.8) is 0 Å². The van der Waals surface area contributed by atoms with Crippen LogP contribution in [0.3, 0.4) is 0 Å². The number of benzene rings is 2. The number of likely N-dealkylation sites (tertiary alicyclic amines) is 1. The maximum atomic E-state index is 13.3. The highest BCUT2D eigenvalue weighted by atomic mass is 16.5. The summed E-state index contributed by atoms with van der Waals surface area (Å²) in [6, 6.07) is 11.1. The molecule has 1 atom stereocenters. The van der Waals surface area contributed by atoms with Gasteiger partial charge in [-0.05, 0) is 49.4 Å². The van der Waals surface area contributed by atoms with Crippen LogP contribution < -0.4 is 18.8 Å². The third-order valence-corrected chi connectivity index (χ3v) is 6.13. The number of hydrogen-bond donors (Lipinski definition) is 2. The van der Waals surface area contributed by atoms with E-state index in [1.54, 1.807) is 42.5 Å². The molecule has 3 aromatic rings. The van der Waals surface area contributed by atoms with Crippen LogP contribution >= 0.6 is 0 Å². The van der Waals surface area contributed by atoms with E-state index in [9.17, 15) is 14.7 Å². The zero-order valence-corrected chi connectivity index (χ0v) is 20.6. The molecule has 1 unspecified atom stereocenters. The topological polar surface area (TPSA) is 105 Å². The Kier molecular flexibility index (Phi) is 7.58. The van der Waals surface area contributed by atoms with Crippen LogP contribution in [0.1, 0.15) is 30.5 Å². The third-order valence-electron chi connectivity index (χ3n) is 6.13. The summed E-state index contributed by atoms with van der Waals surface area (Å²) in [6.45, 7) is 3.33. The molecule has 0 bridgehead atoms. The van der Waals surface area contributed by atoms with Crippen molar-refractivity contribution in [2.75, 3.05) is 27.4 Å². The van der Waals surface area contributed by atoms with Crippen LogP contribution in [0.25, 0.3) is 5.76 Å². The quantitative estimate of drug-likeness (QED) is 0.195. The largest absolute Gasteiger partial charge is 0.507 e. The van der Waals surface area contributed by atoms with Crippen molar-refractivity contribution in [1.29, 1.82) is 0 Å². The SMILES string of the molecule is CCOc1ccc(/C(O)=C2\C(=O)C(=O)N(CCC[n+]3cc[nH]c3)C2c2cc(OC)ccc2OC)cc1. The number of aryl methyl sites for hydroxylation is 1. The van der Waals surface area contributed by atoms with Crippen molar-refractivity contribution in [1.82, 2.24) is 9.88 Å². The van der Waals surface area contributed by atoms with Gasteiger partial charge in [0.15, 0.2) is 0 Å². The van der Waals surface area contributed by atoms with Gasteiger partial charge in [-0.15, -0.1) is 0 Å². The number of carbonyl (C=O) groups excluding carboxylic acids is 2. The van der Waals surface area contributed by atoms with Gasteiger partial charge < -0.3 is 24.2 Å². The number of carbonyl (C=O) groups is 2. The monoisotopic (exact) mass is 492 g/mol. The highest BCUT2D eigenvalue weighted by Gasteiger charge is 2.47. The first-order chi connectivity index (χ1) is 17.5. The number of nitrogens with zero attached hydrogens (tertiary/aromatic N) is 2. The number of aromatic nitrogens is 2. The Labute approximate surface area is 209 Å². The fourth-order valence-corrected chi connectivity index (χ4v) is 4.40. The molecule has 2 heterocycles. The molecule has 188 valence electrons. The van der Waals surface area contributed by atoms with Gasteiger partial charge in [-0.3, -0.25) is 14.6 Å². The Hall–Kier alpha value is -4.27. The third kappa shape index (κ3) is 4.91. The summed E-state index contributed by atoms with van der Waals surface area (Å²) in [6.07, 6.45) is 6.12. The molecule has 1 aromatic heterocycles. The molecule has 1 fully saturated rings. The van der Waals surface area contributed by atoms with Crippen LogP contribution in [0.15, 0.2) is 66.8 Å². The summed E-state index contributed by atoms with van der Waals surface area (Å²) < 4.78 is 18.4. The second-order valence-electron chi connectivity index (χ2n) is 8.26. The number of aliphatic hydroxyl groups is 1. The van der Waals surface area contributed by atoms with E-state index in [4.69, 9.17) is 14.2 Å². The number of H-pyrrole nitrogens is 1. The first-order valence-electron chi connectivity index (χ1n) is 11.7. The highest BCUT2D eigenvalue weighted by Crippen LogP contribution is 2.44. The minimum atomic E-state index is -0.849. The molecule has 1 amide bonds. The molecule has 2 aromatic carbocycles. The number of ketones is 1. The predicted octanol–water partition coefficient (Wildman–Crippen LogP) is 3.23. The van der Waals surface area contributed by atoms with Gasteiger partial charge in [0.05, 0.1) is 39.0 Å². The van der Waals surface area contributed by atoms with E-state index in [2.05, 4.69) is 4.98 Å². The van der Waals surface area contributed by atoms with E-state index >= 15 is 0 Å². The van der Waals surface area contributed by atoms with Crippen LogP contribution in [0.4, 0.5) is 0 Å². The van der Waals surface area contributed by atoms with E-state index in [1.807, 2.05) is 30.2 Å². The van der Waals surface area contributed by atoms with E-state index < -0.39 is 17.7 Å². The van der Waals surface area contributed by atoms with Crippen molar-refractivity contribution < 1.29 is 33.5 Å². The summed E-state index contributed by atoms with van der Waals surface area (Å²) in [5.41, 5.74) is 0.967. The molecular weight excluding hydrogens is 462 g/mol. The van der Waals surface area contributed by atoms with Crippen LogP contribution in [0, 0.1) is 0 Å². The summed E-state index contributed by atoms with van der Waals surface area (Å²) in [4.78, 5) is 31.0. The number of amides is 1. The maximum Gasteiger partial charge on any atom is 0.295 e. The van der Waals surface area contributed by atoms with E-state index in [0.717, 1.165) is 0 Å². The van der Waals surface area contributed by atoms with E-state index in [0.29, 0.717) is 54.5 Å². The first-order valence-corrected chi connectivity index (χ1v) is 11.7. The lowest BCUT2D eigenvalue weighted by Gasteiger charge is -2.26. The number of nitrogens with one attached hydrogen (secondary N) is 1. The fourth-order valence-electron chi connectivity index (χ4n) is 4.40. The molecule has 36 heavy (non-hydrogen) atoms. The van der Waals surface area contributed by atoms with E-state index in [1.165, 1.54) is 19.1 Å². The van der Waals surface area contributed by atoms with E-state index in [-0.39, 0.29) is 11.3 Å². The summed E-state index contributed by atoms with van der Waals surface area (Å²) in [5.74, 6) is -0.0100. The molecule has 9 heteroatoms. The minimum Gasteiger partial charge on any atom is -0.507 e. The van der Waals surface area contributed by atoms with Crippen molar-refractivity contribution in [2.24, 2.45) is 0 Å². The van der Waals surface area contributed by atoms with Crippen molar-refractivity contribution in [2.45, 2.75) is 25.9 Å². The Morgan fingerprint density at radius 1 is 1.08 bits per heavy atom. The van der Waals surface area contributed by atoms with Crippen molar-refractivity contribution in [3.05, 3.63) is 77.9 Å². The zero-order chi connectivity index (χ0) is 25.7. The number of ether oxygens (including phenoxy) is 3. The van der Waals surface area contributed by atoms with Crippen LogP contribution in [0.5, 0.6) is 17.2 Å². The predicted molar refractivity (Wildman–Crippen MR) is 132 cm³/mol. The molecule has 2 N–H and O–H groups in total. The van der Waals surface area contributed by atoms with Gasteiger partial charge in [-0.2, -0.15) is 0 Å². The lowest BCUT2D eigenvalue weighted by Crippen LogP contribution is -2.36. The average Bonchev–Trinajstić information content (AvgIpc) is 3.51. The Bertz CT molecular complexity index is 1250. The second kappa shape index (κ2) is 11.0. The molecule has 0 spiro atoms. The molecule has 1 aliphatic heterocycles. The summed E-state index contributed by atoms with van der Waals surface area (Å²) in [5, 5.41) is 11.3. The van der Waals surface area contributed by atoms with Gasteiger partial charge in [-0.25, -0.2) is 4.57 Å². The molecule has 1 saturated heterocycles. The molecule has 0 saturated carbocycles. The molecule has 0 radical (unpaired) electrons. The number of hydrogen-bond acceptors (Lipinski definition) is 6. The molecule has 4 rings (SSSR count). The molecular formula is C27H30N3O6+. The number of methoxy groups -OCH3 is 2. The lowest BCUT2D eigenvalue weighted by molar-refractivity contribution is -0.695. The smallest absolute Gasteiger partial charge is 0.295 e. The van der Waals surface area contributed by atoms with Crippen LogP contribution in [-0.2, 0) is 16.1 Å². The van der Waals surface area contributed by atoms with Crippen molar-refractivity contribution in [3.8, 4) is 17.2 Å². The molecule has 1 aliphatic rings. The van der Waals surface area contributed by atoms with Gasteiger partial charge >= 0.3 is 0 Å². The van der Waals surface area contributed by atoms with Crippen LogP contribution in [0.2, 0.25) is 0 Å². The summed E-state index contributed by atoms with van der Waals surface area (Å²) >= 11 is 0. The zero-order valence-electron chi connectivity index (χ0n) is 20.6. The normalized spacial score (nSPS) is 16.9. The Morgan fingerprint density at radius 2 is 1.83 bits per heavy atom. The number of rotatable bonds is 10. The molecule has 9 nitrogen and oxygen atoms in total. The molecule has 0 aliphatic carbocycles. The van der Waals surface area contributed by atoms with Gasteiger partial charge in [0.2, 0.25) is 6.33 Å². The van der Waals surface area contributed by atoms with Gasteiger partial charge in [0.25, 0.3) is 11.7 Å². The highest BCUT2D eigenvalue weighted by molar-refractivity contribution is 6.46. The first kappa shape index (κ1) is 24.8. The second-order valence-corrected chi connectivity index (χ2v) is 8.26. The number of aliphatic hydroxyl groups excluding tert-OH is 1. The fraction of sp³-hybridized carbons (Fsp3) is 0.296. The number of Topliss-reactive ketones (excluding diaryl/α,β-unsaturated/α-hetero) is 1. The van der Waals surface area contributed by atoms with Gasteiger partial charge in [0.1, 0.15) is 35.4 Å².